The maximum atomic E-state index is 3.71. The molecule has 2 rings (SSSR count). The van der Waals surface area contributed by atoms with Crippen molar-refractivity contribution in [1.29, 1.82) is 0 Å². The molecule has 1 aromatic rings. The second kappa shape index (κ2) is 5.72. The molecular formula is C15H26N2S. The van der Waals surface area contributed by atoms with Gasteiger partial charge in [-0.25, -0.2) is 0 Å². The predicted octanol–water partition coefficient (Wildman–Crippen LogP) is 3.41. The molecule has 0 spiro atoms. The molecule has 1 aromatic heterocycles. The minimum atomic E-state index is 0.329. The van der Waals surface area contributed by atoms with Crippen molar-refractivity contribution in [3.63, 3.8) is 0 Å². The van der Waals surface area contributed by atoms with Gasteiger partial charge in [-0.15, -0.1) is 11.3 Å². The normalized spacial score (nSPS) is 19.3. The Morgan fingerprint density at radius 3 is 2.44 bits per heavy atom. The molecule has 0 amide bonds. The van der Waals surface area contributed by atoms with Gasteiger partial charge < -0.3 is 5.32 Å². The maximum absolute atomic E-state index is 3.71. The van der Waals surface area contributed by atoms with E-state index in [9.17, 15) is 0 Å². The summed E-state index contributed by atoms with van der Waals surface area (Å²) in [6.45, 7) is 12.6. The Morgan fingerprint density at radius 1 is 1.28 bits per heavy atom. The molecule has 1 aliphatic heterocycles. The molecule has 0 saturated carbocycles. The highest BCUT2D eigenvalue weighted by Gasteiger charge is 2.26. The molecule has 3 heteroatoms. The number of nitrogens with one attached hydrogen (secondary N) is 1. The Labute approximate surface area is 115 Å². The molecule has 2 heterocycles. The number of thiophene rings is 1. The van der Waals surface area contributed by atoms with Crippen LogP contribution in [0.5, 0.6) is 0 Å². The predicted molar refractivity (Wildman–Crippen MR) is 80.2 cm³/mol. The van der Waals surface area contributed by atoms with Crippen LogP contribution in [0.2, 0.25) is 0 Å². The fraction of sp³-hybridized carbons (Fsp3) is 0.733. The van der Waals surface area contributed by atoms with E-state index >= 15 is 0 Å². The lowest BCUT2D eigenvalue weighted by atomic mass is 9.98. The quantitative estimate of drug-likeness (QED) is 0.902. The first-order valence-corrected chi connectivity index (χ1v) is 7.80. The summed E-state index contributed by atoms with van der Waals surface area (Å²) in [7, 11) is 0. The lowest BCUT2D eigenvalue weighted by Crippen LogP contribution is -2.49. The van der Waals surface area contributed by atoms with Crippen LogP contribution in [0.4, 0.5) is 0 Å². The zero-order chi connectivity index (χ0) is 13.2. The molecular weight excluding hydrogens is 240 g/mol. The molecule has 0 bridgehead atoms. The monoisotopic (exact) mass is 266 g/mol. The van der Waals surface area contributed by atoms with Crippen LogP contribution in [-0.2, 0) is 6.54 Å². The first kappa shape index (κ1) is 14.0. The van der Waals surface area contributed by atoms with Crippen molar-refractivity contribution in [3.8, 4) is 0 Å². The molecule has 1 fully saturated rings. The van der Waals surface area contributed by atoms with Crippen molar-refractivity contribution in [1.82, 2.24) is 10.2 Å². The van der Waals surface area contributed by atoms with E-state index in [1.165, 1.54) is 35.7 Å². The average Bonchev–Trinajstić information content (AvgIpc) is 2.72. The largest absolute Gasteiger partial charge is 0.309 e. The molecule has 0 unspecified atom stereocenters. The number of hydrogen-bond acceptors (Lipinski definition) is 3. The van der Waals surface area contributed by atoms with Gasteiger partial charge in [-0.1, -0.05) is 0 Å². The molecule has 0 atom stereocenters. The van der Waals surface area contributed by atoms with Crippen molar-refractivity contribution >= 4 is 11.3 Å². The van der Waals surface area contributed by atoms with Gasteiger partial charge in [0.15, 0.2) is 0 Å². The van der Waals surface area contributed by atoms with Crippen LogP contribution in [0.3, 0.4) is 0 Å². The van der Waals surface area contributed by atoms with Crippen molar-refractivity contribution in [2.24, 2.45) is 0 Å². The standard InChI is InChI=1S/C15H26N2S/c1-12-5-6-14(18-12)11-16-13-7-9-17(10-8-13)15(2,3)4/h5-6,13,16H,7-11H2,1-4H3. The number of nitrogens with zero attached hydrogens (tertiary/aromatic N) is 1. The summed E-state index contributed by atoms with van der Waals surface area (Å²) in [6, 6.07) is 5.16. The van der Waals surface area contributed by atoms with Gasteiger partial charge in [0.2, 0.25) is 0 Å². The average molecular weight is 266 g/mol. The number of hydrogen-bond donors (Lipinski definition) is 1. The Morgan fingerprint density at radius 2 is 1.94 bits per heavy atom. The van der Waals surface area contributed by atoms with Crippen LogP contribution in [0.1, 0.15) is 43.4 Å². The van der Waals surface area contributed by atoms with Crippen LogP contribution >= 0.6 is 11.3 Å². The van der Waals surface area contributed by atoms with Gasteiger partial charge in [0.1, 0.15) is 0 Å². The molecule has 1 aliphatic rings. The van der Waals surface area contributed by atoms with Crippen LogP contribution in [-0.4, -0.2) is 29.6 Å². The second-order valence-electron chi connectivity index (χ2n) is 6.33. The molecule has 102 valence electrons. The lowest BCUT2D eigenvalue weighted by Gasteiger charge is -2.41. The maximum Gasteiger partial charge on any atom is 0.0302 e. The van der Waals surface area contributed by atoms with Crippen LogP contribution in [0.25, 0.3) is 0 Å². The van der Waals surface area contributed by atoms with Gasteiger partial charge in [-0.3, -0.25) is 4.90 Å². The first-order valence-electron chi connectivity index (χ1n) is 6.99. The fourth-order valence-electron chi connectivity index (χ4n) is 2.58. The van der Waals surface area contributed by atoms with E-state index in [1.54, 1.807) is 0 Å². The zero-order valence-electron chi connectivity index (χ0n) is 12.1. The van der Waals surface area contributed by atoms with Gasteiger partial charge in [0, 0.05) is 41.0 Å². The van der Waals surface area contributed by atoms with Crippen molar-refractivity contribution in [3.05, 3.63) is 21.9 Å². The minimum absolute atomic E-state index is 0.329. The van der Waals surface area contributed by atoms with E-state index < -0.39 is 0 Å². The SMILES string of the molecule is Cc1ccc(CNC2CCN(C(C)(C)C)CC2)s1. The summed E-state index contributed by atoms with van der Waals surface area (Å²) in [6.07, 6.45) is 2.56. The highest BCUT2D eigenvalue weighted by molar-refractivity contribution is 7.11. The third-order valence-electron chi connectivity index (χ3n) is 3.80. The van der Waals surface area contributed by atoms with E-state index in [1.807, 2.05) is 11.3 Å². The number of rotatable bonds is 3. The molecule has 18 heavy (non-hydrogen) atoms. The van der Waals surface area contributed by atoms with Crippen molar-refractivity contribution < 1.29 is 0 Å². The molecule has 1 N–H and O–H groups in total. The summed E-state index contributed by atoms with van der Waals surface area (Å²) in [5.41, 5.74) is 0.329. The molecule has 2 nitrogen and oxygen atoms in total. The van der Waals surface area contributed by atoms with Crippen LogP contribution < -0.4 is 5.32 Å². The summed E-state index contributed by atoms with van der Waals surface area (Å²) >= 11 is 1.91. The van der Waals surface area contributed by atoms with Gasteiger partial charge in [0.25, 0.3) is 0 Å². The second-order valence-corrected chi connectivity index (χ2v) is 7.70. The van der Waals surface area contributed by atoms with Crippen LogP contribution in [0, 0.1) is 6.92 Å². The third-order valence-corrected chi connectivity index (χ3v) is 4.81. The van der Waals surface area contributed by atoms with Crippen molar-refractivity contribution in [2.75, 3.05) is 13.1 Å². The smallest absolute Gasteiger partial charge is 0.0302 e. The zero-order valence-corrected chi connectivity index (χ0v) is 12.9. The van der Waals surface area contributed by atoms with E-state index in [2.05, 4.69) is 50.0 Å². The summed E-state index contributed by atoms with van der Waals surface area (Å²) in [4.78, 5) is 5.47. The fourth-order valence-corrected chi connectivity index (χ4v) is 3.42. The number of likely N-dealkylation sites (tertiary alicyclic amines) is 1. The van der Waals surface area contributed by atoms with Gasteiger partial charge in [-0.2, -0.15) is 0 Å². The Kier molecular flexibility index (Phi) is 4.46. The van der Waals surface area contributed by atoms with Gasteiger partial charge in [-0.05, 0) is 52.7 Å². The first-order chi connectivity index (χ1) is 8.45. The highest BCUT2D eigenvalue weighted by atomic mass is 32.1. The summed E-state index contributed by atoms with van der Waals surface area (Å²) < 4.78 is 0. The van der Waals surface area contributed by atoms with E-state index in [0.29, 0.717) is 11.6 Å². The Hall–Kier alpha value is -0.380. The minimum Gasteiger partial charge on any atom is -0.309 e. The molecule has 1 saturated heterocycles. The number of aryl methyl sites for hydroxylation is 1. The van der Waals surface area contributed by atoms with E-state index in [0.717, 1.165) is 6.54 Å². The third kappa shape index (κ3) is 3.81. The summed E-state index contributed by atoms with van der Waals surface area (Å²) in [5.74, 6) is 0. The lowest BCUT2D eigenvalue weighted by molar-refractivity contribution is 0.0961. The summed E-state index contributed by atoms with van der Waals surface area (Å²) in [5, 5.41) is 3.71. The molecule has 0 aromatic carbocycles. The van der Waals surface area contributed by atoms with Gasteiger partial charge >= 0.3 is 0 Å². The van der Waals surface area contributed by atoms with Gasteiger partial charge in [0.05, 0.1) is 0 Å². The Bertz CT molecular complexity index is 370. The molecule has 0 aliphatic carbocycles. The van der Waals surface area contributed by atoms with E-state index in [4.69, 9.17) is 0 Å². The number of piperidine rings is 1. The highest BCUT2D eigenvalue weighted by Crippen LogP contribution is 2.21. The van der Waals surface area contributed by atoms with E-state index in [-0.39, 0.29) is 0 Å². The van der Waals surface area contributed by atoms with Crippen LogP contribution in [0.15, 0.2) is 12.1 Å². The molecule has 0 radical (unpaired) electrons. The van der Waals surface area contributed by atoms with Crippen molar-refractivity contribution in [2.45, 2.75) is 58.7 Å². The Balaban J connectivity index is 1.74. The topological polar surface area (TPSA) is 15.3 Å².